The third-order valence-electron chi connectivity index (χ3n) is 2.93. The summed E-state index contributed by atoms with van der Waals surface area (Å²) < 4.78 is 10.3. The van der Waals surface area contributed by atoms with Gasteiger partial charge in [0.05, 0.1) is 14.2 Å². The molecule has 1 atom stereocenters. The van der Waals surface area contributed by atoms with Crippen LogP contribution in [0.25, 0.3) is 0 Å². The molecule has 4 heteroatoms. The summed E-state index contributed by atoms with van der Waals surface area (Å²) in [4.78, 5) is 4.19. The van der Waals surface area contributed by atoms with E-state index in [4.69, 9.17) is 9.47 Å². The smallest absolute Gasteiger partial charge is 0.216 e. The molecule has 2 heterocycles. The van der Waals surface area contributed by atoms with Crippen LogP contribution in [0.5, 0.6) is 11.8 Å². The largest absolute Gasteiger partial charge is 0.481 e. The minimum absolute atomic E-state index is 0.402. The van der Waals surface area contributed by atoms with Crippen LogP contribution in [-0.2, 0) is 0 Å². The highest BCUT2D eigenvalue weighted by atomic mass is 16.5. The minimum atomic E-state index is 0.402. The fraction of sp³-hybridized carbons (Fsp3) is 0.583. The fourth-order valence-corrected chi connectivity index (χ4v) is 2.05. The van der Waals surface area contributed by atoms with Crippen LogP contribution >= 0.6 is 0 Å². The van der Waals surface area contributed by atoms with Gasteiger partial charge in [-0.2, -0.15) is 4.98 Å². The summed E-state index contributed by atoms with van der Waals surface area (Å²) in [6.07, 6.45) is 3.69. The second kappa shape index (κ2) is 5.16. The van der Waals surface area contributed by atoms with Crippen molar-refractivity contribution in [2.75, 3.05) is 20.8 Å². The first-order chi connectivity index (χ1) is 7.83. The molecule has 0 aliphatic carbocycles. The number of hydrogen-bond donors (Lipinski definition) is 1. The predicted octanol–water partition coefficient (Wildman–Crippen LogP) is 1.91. The first kappa shape index (κ1) is 11.2. The molecule has 0 spiro atoms. The van der Waals surface area contributed by atoms with Gasteiger partial charge in [0.25, 0.3) is 0 Å². The van der Waals surface area contributed by atoms with E-state index in [1.807, 2.05) is 12.1 Å². The fourth-order valence-electron chi connectivity index (χ4n) is 2.05. The molecule has 0 bridgehead atoms. The standard InChI is InChI=1S/C12H18N2O2/c1-15-11-7-9(8-12(14-11)16-2)10-5-3-4-6-13-10/h7-8,10,13H,3-6H2,1-2H3. The highest BCUT2D eigenvalue weighted by molar-refractivity contribution is 5.31. The van der Waals surface area contributed by atoms with Crippen molar-refractivity contribution in [2.24, 2.45) is 0 Å². The molecule has 1 N–H and O–H groups in total. The Hall–Kier alpha value is -1.29. The van der Waals surface area contributed by atoms with Crippen molar-refractivity contribution < 1.29 is 9.47 Å². The number of rotatable bonds is 3. The number of piperidine rings is 1. The summed E-state index contributed by atoms with van der Waals surface area (Å²) in [5, 5.41) is 3.50. The van der Waals surface area contributed by atoms with Crippen molar-refractivity contribution in [2.45, 2.75) is 25.3 Å². The van der Waals surface area contributed by atoms with E-state index in [1.165, 1.54) is 18.4 Å². The van der Waals surface area contributed by atoms with Crippen molar-refractivity contribution in [3.05, 3.63) is 17.7 Å². The summed E-state index contributed by atoms with van der Waals surface area (Å²) in [5.74, 6) is 1.23. The van der Waals surface area contributed by atoms with Crippen LogP contribution in [0.3, 0.4) is 0 Å². The summed E-state index contributed by atoms with van der Waals surface area (Å²) in [7, 11) is 3.25. The number of pyridine rings is 1. The lowest BCUT2D eigenvalue weighted by Gasteiger charge is -2.24. The molecule has 1 aliphatic heterocycles. The van der Waals surface area contributed by atoms with E-state index in [0.29, 0.717) is 17.8 Å². The van der Waals surface area contributed by atoms with Crippen LogP contribution in [0.4, 0.5) is 0 Å². The molecule has 2 rings (SSSR count). The minimum Gasteiger partial charge on any atom is -0.481 e. The van der Waals surface area contributed by atoms with Crippen LogP contribution in [0.2, 0.25) is 0 Å². The van der Waals surface area contributed by atoms with Gasteiger partial charge in [0.15, 0.2) is 0 Å². The Kier molecular flexibility index (Phi) is 3.62. The van der Waals surface area contributed by atoms with Crippen LogP contribution in [0.1, 0.15) is 30.9 Å². The summed E-state index contributed by atoms with van der Waals surface area (Å²) >= 11 is 0. The molecule has 88 valence electrons. The average molecular weight is 222 g/mol. The molecule has 4 nitrogen and oxygen atoms in total. The van der Waals surface area contributed by atoms with E-state index in [2.05, 4.69) is 10.3 Å². The maximum Gasteiger partial charge on any atom is 0.216 e. The van der Waals surface area contributed by atoms with Gasteiger partial charge < -0.3 is 14.8 Å². The quantitative estimate of drug-likeness (QED) is 0.848. The molecule has 0 amide bonds. The van der Waals surface area contributed by atoms with Crippen LogP contribution in [0, 0.1) is 0 Å². The van der Waals surface area contributed by atoms with Crippen LogP contribution in [0.15, 0.2) is 12.1 Å². The zero-order valence-electron chi connectivity index (χ0n) is 9.82. The van der Waals surface area contributed by atoms with Gasteiger partial charge in [-0.1, -0.05) is 6.42 Å². The lowest BCUT2D eigenvalue weighted by Crippen LogP contribution is -2.26. The van der Waals surface area contributed by atoms with Crippen molar-refractivity contribution in [3.8, 4) is 11.8 Å². The van der Waals surface area contributed by atoms with Gasteiger partial charge in [0.1, 0.15) is 0 Å². The van der Waals surface area contributed by atoms with E-state index in [9.17, 15) is 0 Å². The van der Waals surface area contributed by atoms with Gasteiger partial charge in [-0.15, -0.1) is 0 Å². The van der Waals surface area contributed by atoms with Gasteiger partial charge in [0.2, 0.25) is 11.8 Å². The zero-order valence-corrected chi connectivity index (χ0v) is 9.82. The molecule has 1 saturated heterocycles. The van der Waals surface area contributed by atoms with Crippen molar-refractivity contribution in [3.63, 3.8) is 0 Å². The Morgan fingerprint density at radius 1 is 1.19 bits per heavy atom. The highest BCUT2D eigenvalue weighted by Gasteiger charge is 2.16. The second-order valence-corrected chi connectivity index (χ2v) is 3.99. The molecule has 0 aromatic carbocycles. The maximum atomic E-state index is 5.17. The Labute approximate surface area is 96.0 Å². The topological polar surface area (TPSA) is 43.4 Å². The number of methoxy groups -OCH3 is 2. The van der Waals surface area contributed by atoms with Gasteiger partial charge in [0, 0.05) is 18.2 Å². The Morgan fingerprint density at radius 3 is 2.38 bits per heavy atom. The van der Waals surface area contributed by atoms with E-state index in [-0.39, 0.29) is 0 Å². The van der Waals surface area contributed by atoms with E-state index in [1.54, 1.807) is 14.2 Å². The Bertz CT molecular complexity index is 327. The molecule has 16 heavy (non-hydrogen) atoms. The summed E-state index contributed by atoms with van der Waals surface area (Å²) in [6, 6.07) is 4.36. The predicted molar refractivity (Wildman–Crippen MR) is 61.9 cm³/mol. The third-order valence-corrected chi connectivity index (χ3v) is 2.93. The van der Waals surface area contributed by atoms with E-state index >= 15 is 0 Å². The molecule has 1 aromatic rings. The molecule has 0 saturated carbocycles. The molecular weight excluding hydrogens is 204 g/mol. The summed E-state index contributed by atoms with van der Waals surface area (Å²) in [6.45, 7) is 1.08. The van der Waals surface area contributed by atoms with Crippen molar-refractivity contribution >= 4 is 0 Å². The number of nitrogens with one attached hydrogen (secondary N) is 1. The number of hydrogen-bond acceptors (Lipinski definition) is 4. The molecule has 1 fully saturated rings. The number of ether oxygens (including phenoxy) is 2. The number of aromatic nitrogens is 1. The van der Waals surface area contributed by atoms with Gasteiger partial charge in [-0.3, -0.25) is 0 Å². The third kappa shape index (κ3) is 2.44. The molecule has 0 radical (unpaired) electrons. The second-order valence-electron chi connectivity index (χ2n) is 3.99. The normalized spacial score (nSPS) is 20.5. The highest BCUT2D eigenvalue weighted by Crippen LogP contribution is 2.27. The van der Waals surface area contributed by atoms with Gasteiger partial charge >= 0.3 is 0 Å². The molecule has 1 aliphatic rings. The Morgan fingerprint density at radius 2 is 1.88 bits per heavy atom. The Balaban J connectivity index is 2.24. The van der Waals surface area contributed by atoms with Gasteiger partial charge in [-0.05, 0) is 24.9 Å². The van der Waals surface area contributed by atoms with Crippen LogP contribution < -0.4 is 14.8 Å². The zero-order chi connectivity index (χ0) is 11.4. The van der Waals surface area contributed by atoms with E-state index in [0.717, 1.165) is 13.0 Å². The molecule has 1 aromatic heterocycles. The van der Waals surface area contributed by atoms with E-state index < -0.39 is 0 Å². The molecule has 1 unspecified atom stereocenters. The number of nitrogens with zero attached hydrogens (tertiary/aromatic N) is 1. The molecular formula is C12H18N2O2. The van der Waals surface area contributed by atoms with Crippen molar-refractivity contribution in [1.82, 2.24) is 10.3 Å². The van der Waals surface area contributed by atoms with Crippen LogP contribution in [-0.4, -0.2) is 25.7 Å². The monoisotopic (exact) mass is 222 g/mol. The summed E-state index contributed by atoms with van der Waals surface area (Å²) in [5.41, 5.74) is 1.20. The van der Waals surface area contributed by atoms with Gasteiger partial charge in [-0.25, -0.2) is 0 Å². The maximum absolute atomic E-state index is 5.17. The average Bonchev–Trinajstić information content (AvgIpc) is 2.39. The lowest BCUT2D eigenvalue weighted by molar-refractivity contribution is 0.358. The SMILES string of the molecule is COc1cc(C2CCCCN2)cc(OC)n1. The first-order valence-corrected chi connectivity index (χ1v) is 5.67. The van der Waals surface area contributed by atoms with Crippen molar-refractivity contribution in [1.29, 1.82) is 0 Å². The first-order valence-electron chi connectivity index (χ1n) is 5.67. The lowest BCUT2D eigenvalue weighted by atomic mass is 9.98.